The number of quaternary nitrogens is 1. The minimum atomic E-state index is -1.24. The molecule has 0 radical (unpaired) electrons. The van der Waals surface area contributed by atoms with Gasteiger partial charge in [-0.05, 0) is 12.0 Å². The van der Waals surface area contributed by atoms with Crippen LogP contribution in [-0.2, 0) is 0 Å². The first-order valence-electron chi connectivity index (χ1n) is 10.5. The fourth-order valence-corrected chi connectivity index (χ4v) is 4.69. The van der Waals surface area contributed by atoms with E-state index in [4.69, 9.17) is 0 Å². The van der Waals surface area contributed by atoms with Gasteiger partial charge in [0.15, 0.2) is 11.5 Å². The van der Waals surface area contributed by atoms with Crippen LogP contribution >= 0.6 is 0 Å². The van der Waals surface area contributed by atoms with E-state index in [1.165, 1.54) is 6.07 Å². The van der Waals surface area contributed by atoms with Gasteiger partial charge in [-0.15, -0.1) is 0 Å². The number of phenols is 1. The number of aliphatic hydroxyl groups is 1. The molecule has 0 fully saturated rings. The number of ketones is 1. The molecule has 0 saturated carbocycles. The molecule has 0 amide bonds. The van der Waals surface area contributed by atoms with Crippen molar-refractivity contribution in [1.29, 1.82) is 0 Å². The molecule has 8 nitrogen and oxygen atoms in total. The number of nitrogens with zero attached hydrogens (tertiary/aromatic N) is 2. The summed E-state index contributed by atoms with van der Waals surface area (Å²) in [5.74, 6) is -1.01. The van der Waals surface area contributed by atoms with Crippen LogP contribution in [0.4, 0.5) is 5.69 Å². The number of benzene rings is 3. The van der Waals surface area contributed by atoms with Crippen LogP contribution < -0.4 is 5.23 Å². The zero-order valence-electron chi connectivity index (χ0n) is 17.4. The monoisotopic (exact) mass is 443 g/mol. The highest BCUT2D eigenvalue weighted by Crippen LogP contribution is 2.48. The summed E-state index contributed by atoms with van der Waals surface area (Å²) < 4.78 is 0. The lowest BCUT2D eigenvalue weighted by molar-refractivity contribution is -0.991. The number of hydrogen-bond acceptors (Lipinski definition) is 7. The van der Waals surface area contributed by atoms with Crippen LogP contribution in [-0.4, -0.2) is 27.2 Å². The molecule has 4 atom stereocenters. The minimum Gasteiger partial charge on any atom is -0.595 e. The van der Waals surface area contributed by atoms with E-state index in [2.05, 4.69) is 10.2 Å². The van der Waals surface area contributed by atoms with Crippen LogP contribution in [0.5, 0.6) is 5.75 Å². The highest BCUT2D eigenvalue weighted by atomic mass is 16.8. The third kappa shape index (κ3) is 3.50. The predicted octanol–water partition coefficient (Wildman–Crippen LogP) is 4.01. The number of phenolic OH excluding ortho intramolecular Hbond substituents is 1. The van der Waals surface area contributed by atoms with E-state index in [0.717, 1.165) is 5.56 Å². The van der Waals surface area contributed by atoms with Gasteiger partial charge in [-0.25, -0.2) is 5.21 Å². The second-order valence-electron chi connectivity index (χ2n) is 8.13. The Morgan fingerprint density at radius 3 is 2.27 bits per heavy atom. The highest BCUT2D eigenvalue weighted by Gasteiger charge is 2.41. The van der Waals surface area contributed by atoms with Crippen molar-refractivity contribution in [2.75, 3.05) is 0 Å². The molecule has 0 bridgehead atoms. The van der Waals surface area contributed by atoms with E-state index in [1.807, 2.05) is 30.3 Å². The van der Waals surface area contributed by atoms with Gasteiger partial charge in [0.2, 0.25) is 5.69 Å². The second-order valence-corrected chi connectivity index (χ2v) is 8.13. The number of rotatable bonds is 4. The lowest BCUT2D eigenvalue weighted by Gasteiger charge is -2.31. The van der Waals surface area contributed by atoms with Crippen molar-refractivity contribution >= 4 is 17.2 Å². The summed E-state index contributed by atoms with van der Waals surface area (Å²) in [6.45, 7) is 0. The molecule has 5 rings (SSSR count). The summed E-state index contributed by atoms with van der Waals surface area (Å²) in [5, 5.41) is 50.0. The van der Waals surface area contributed by atoms with Crippen LogP contribution in [0.15, 0.2) is 88.6 Å². The van der Waals surface area contributed by atoms with Gasteiger partial charge in [0, 0.05) is 28.7 Å². The van der Waals surface area contributed by atoms with Crippen molar-refractivity contribution in [3.63, 3.8) is 0 Å². The lowest BCUT2D eigenvalue weighted by Crippen LogP contribution is -2.99. The average molecular weight is 443 g/mol. The van der Waals surface area contributed by atoms with E-state index < -0.39 is 17.3 Å². The van der Waals surface area contributed by atoms with Crippen LogP contribution in [0.3, 0.4) is 0 Å². The SMILES string of the molecule is O=C1C([C@@H]2C[C@@H](c3ccccc3)[C@@H](c3cccc([NH+]([O-])O)c3O)N=N2)=C(O)c2ccccc21. The third-order valence-corrected chi connectivity index (χ3v) is 6.29. The maximum absolute atomic E-state index is 13.1. The van der Waals surface area contributed by atoms with E-state index in [9.17, 15) is 25.4 Å². The maximum Gasteiger partial charge on any atom is 0.206 e. The quantitative estimate of drug-likeness (QED) is 0.358. The predicted molar refractivity (Wildman–Crippen MR) is 119 cm³/mol. The van der Waals surface area contributed by atoms with Gasteiger partial charge >= 0.3 is 0 Å². The number of Topliss-reactive ketones (excluding diaryl/α,β-unsaturated/α-hetero) is 1. The summed E-state index contributed by atoms with van der Waals surface area (Å²) in [6.07, 6.45) is 0.355. The van der Waals surface area contributed by atoms with Crippen molar-refractivity contribution in [3.05, 3.63) is 106 Å². The van der Waals surface area contributed by atoms with Gasteiger partial charge in [-0.1, -0.05) is 66.7 Å². The molecule has 0 aromatic heterocycles. The Hall–Kier alpha value is -3.85. The topological polar surface area (TPSA) is 130 Å². The number of carbonyl (C=O) groups is 1. The first-order valence-corrected chi connectivity index (χ1v) is 10.5. The number of para-hydroxylation sites is 1. The van der Waals surface area contributed by atoms with Gasteiger partial charge < -0.3 is 15.4 Å². The Morgan fingerprint density at radius 1 is 0.879 bits per heavy atom. The number of hydrogen-bond donors (Lipinski definition) is 4. The van der Waals surface area contributed by atoms with E-state index in [1.54, 1.807) is 36.4 Å². The van der Waals surface area contributed by atoms with Crippen LogP contribution in [0.1, 0.15) is 45.4 Å². The minimum absolute atomic E-state index is 0.0828. The normalized spacial score (nSPS) is 23.0. The number of nitrogens with one attached hydrogen (secondary N) is 1. The molecule has 3 aromatic carbocycles. The zero-order valence-corrected chi connectivity index (χ0v) is 17.4. The number of aliphatic hydroxyl groups excluding tert-OH is 1. The molecule has 1 unspecified atom stereocenters. The molecule has 0 saturated heterocycles. The number of carbonyl (C=O) groups excluding carboxylic acids is 1. The van der Waals surface area contributed by atoms with Crippen LogP contribution in [0, 0.1) is 5.21 Å². The summed E-state index contributed by atoms with van der Waals surface area (Å²) in [6, 6.07) is 19.6. The summed E-state index contributed by atoms with van der Waals surface area (Å²) in [7, 11) is 0. The van der Waals surface area contributed by atoms with E-state index in [0.29, 0.717) is 23.1 Å². The average Bonchev–Trinajstić information content (AvgIpc) is 3.09. The summed E-state index contributed by atoms with van der Waals surface area (Å²) >= 11 is 0. The molecule has 0 spiro atoms. The van der Waals surface area contributed by atoms with Gasteiger partial charge in [-0.3, -0.25) is 4.79 Å². The summed E-state index contributed by atoms with van der Waals surface area (Å²) in [5.41, 5.74) is 2.18. The Balaban J connectivity index is 1.59. The molecule has 4 N–H and O–H groups in total. The van der Waals surface area contributed by atoms with Crippen molar-refractivity contribution in [2.24, 2.45) is 10.2 Å². The van der Waals surface area contributed by atoms with Gasteiger partial charge in [0.25, 0.3) is 0 Å². The molecular formula is C25H21N3O5. The first-order chi connectivity index (χ1) is 16.0. The molecule has 8 heteroatoms. The molecule has 33 heavy (non-hydrogen) atoms. The van der Waals surface area contributed by atoms with Crippen LogP contribution in [0.25, 0.3) is 5.76 Å². The lowest BCUT2D eigenvalue weighted by atomic mass is 9.80. The molecular weight excluding hydrogens is 422 g/mol. The maximum atomic E-state index is 13.1. The van der Waals surface area contributed by atoms with E-state index in [-0.39, 0.29) is 34.5 Å². The van der Waals surface area contributed by atoms with Crippen LogP contribution in [0.2, 0.25) is 0 Å². The van der Waals surface area contributed by atoms with E-state index >= 15 is 0 Å². The zero-order chi connectivity index (χ0) is 23.1. The van der Waals surface area contributed by atoms with Crippen molar-refractivity contribution in [3.8, 4) is 5.75 Å². The largest absolute Gasteiger partial charge is 0.595 e. The van der Waals surface area contributed by atoms with Gasteiger partial charge in [-0.2, -0.15) is 15.5 Å². The number of fused-ring (bicyclic) bond motifs is 1. The third-order valence-electron chi connectivity index (χ3n) is 6.29. The Morgan fingerprint density at radius 2 is 1.58 bits per heavy atom. The second kappa shape index (κ2) is 8.25. The Bertz CT molecular complexity index is 1290. The van der Waals surface area contributed by atoms with Crippen molar-refractivity contribution in [1.82, 2.24) is 0 Å². The molecule has 1 heterocycles. The number of azo groups is 1. The molecule has 1 aliphatic heterocycles. The van der Waals surface area contributed by atoms with Crippen molar-refractivity contribution in [2.45, 2.75) is 24.4 Å². The van der Waals surface area contributed by atoms with Gasteiger partial charge in [0.05, 0.1) is 5.57 Å². The fourth-order valence-electron chi connectivity index (χ4n) is 4.69. The Labute approximate surface area is 189 Å². The molecule has 3 aromatic rings. The smallest absolute Gasteiger partial charge is 0.206 e. The fraction of sp³-hybridized carbons (Fsp3) is 0.160. The standard InChI is InChI=1S/C25H21N3O5/c29-23-17(11-6-12-20(23)28(32)33)22-18(14-7-2-1-3-8-14)13-19(26-27-22)21-24(30)15-9-4-5-10-16(15)25(21)31/h1-12,18-19,22,28-30,32H,13H2/t18-,19-,22+/m0/s1. The molecule has 2 aliphatic rings. The Kier molecular flexibility index (Phi) is 5.26. The van der Waals surface area contributed by atoms with Gasteiger partial charge in [0.1, 0.15) is 17.8 Å². The number of aromatic hydroxyl groups is 1. The molecule has 166 valence electrons. The molecule has 1 aliphatic carbocycles. The first kappa shape index (κ1) is 21.0. The van der Waals surface area contributed by atoms with Crippen molar-refractivity contribution < 1.29 is 25.4 Å². The highest BCUT2D eigenvalue weighted by molar-refractivity contribution is 6.20. The summed E-state index contributed by atoms with van der Waals surface area (Å²) in [4.78, 5) is 13.1.